The molecule has 0 atom stereocenters. The van der Waals surface area contributed by atoms with Gasteiger partial charge in [-0.3, -0.25) is 0 Å². The second-order valence-corrected chi connectivity index (χ2v) is 5.51. The summed E-state index contributed by atoms with van der Waals surface area (Å²) in [6.45, 7) is 0. The van der Waals surface area contributed by atoms with Gasteiger partial charge in [0.1, 0.15) is 5.75 Å². The van der Waals surface area contributed by atoms with Gasteiger partial charge in [0.05, 0.1) is 7.11 Å². The molecule has 1 aliphatic rings. The Labute approximate surface area is 114 Å². The van der Waals surface area contributed by atoms with Crippen LogP contribution in [0.4, 0.5) is 0 Å². The molecule has 0 saturated carbocycles. The normalized spacial score (nSPS) is 16.1. The summed E-state index contributed by atoms with van der Waals surface area (Å²) in [7, 11) is 1.70. The standard InChI is InChI=1S/C17H19NO/c1-19-16-8-4-5-13(9-16)10-17(18)11-14-6-2-3-7-15(14)12-17/h2-9H,10-12,18H2,1H3. The van der Waals surface area contributed by atoms with E-state index in [1.807, 2.05) is 12.1 Å². The van der Waals surface area contributed by atoms with Gasteiger partial charge in [0, 0.05) is 5.54 Å². The summed E-state index contributed by atoms with van der Waals surface area (Å²) in [6, 6.07) is 16.8. The number of ether oxygens (including phenoxy) is 1. The zero-order chi connectivity index (χ0) is 13.3. The molecule has 2 aromatic rings. The number of hydrogen-bond acceptors (Lipinski definition) is 2. The zero-order valence-electron chi connectivity index (χ0n) is 11.2. The van der Waals surface area contributed by atoms with Gasteiger partial charge >= 0.3 is 0 Å². The lowest BCUT2D eigenvalue weighted by molar-refractivity contribution is 0.411. The van der Waals surface area contributed by atoms with E-state index in [0.29, 0.717) is 0 Å². The van der Waals surface area contributed by atoms with Gasteiger partial charge in [0.25, 0.3) is 0 Å². The Kier molecular flexibility index (Phi) is 3.03. The number of hydrogen-bond donors (Lipinski definition) is 1. The highest BCUT2D eigenvalue weighted by molar-refractivity contribution is 5.38. The van der Waals surface area contributed by atoms with Crippen LogP contribution in [0.15, 0.2) is 48.5 Å². The van der Waals surface area contributed by atoms with Crippen LogP contribution in [0.25, 0.3) is 0 Å². The molecule has 0 spiro atoms. The van der Waals surface area contributed by atoms with E-state index in [2.05, 4.69) is 36.4 Å². The molecule has 2 N–H and O–H groups in total. The molecule has 98 valence electrons. The van der Waals surface area contributed by atoms with Crippen molar-refractivity contribution in [3.05, 3.63) is 65.2 Å². The third-order valence-electron chi connectivity index (χ3n) is 3.89. The lowest BCUT2D eigenvalue weighted by Gasteiger charge is -2.24. The number of benzene rings is 2. The molecule has 0 fully saturated rings. The molecule has 0 heterocycles. The number of fused-ring (bicyclic) bond motifs is 1. The molecule has 2 heteroatoms. The lowest BCUT2D eigenvalue weighted by Crippen LogP contribution is -2.42. The monoisotopic (exact) mass is 253 g/mol. The van der Waals surface area contributed by atoms with Gasteiger partial charge in [-0.1, -0.05) is 36.4 Å². The van der Waals surface area contributed by atoms with Crippen molar-refractivity contribution in [3.8, 4) is 5.75 Å². The largest absolute Gasteiger partial charge is 0.497 e. The van der Waals surface area contributed by atoms with E-state index < -0.39 is 0 Å². The highest BCUT2D eigenvalue weighted by atomic mass is 16.5. The van der Waals surface area contributed by atoms with E-state index in [4.69, 9.17) is 10.5 Å². The maximum absolute atomic E-state index is 6.59. The van der Waals surface area contributed by atoms with Crippen molar-refractivity contribution in [3.63, 3.8) is 0 Å². The first-order valence-electron chi connectivity index (χ1n) is 6.67. The molecule has 3 rings (SSSR count). The topological polar surface area (TPSA) is 35.2 Å². The summed E-state index contributed by atoms with van der Waals surface area (Å²) in [5.41, 5.74) is 10.5. The van der Waals surface area contributed by atoms with Crippen molar-refractivity contribution in [2.75, 3.05) is 7.11 Å². The Hall–Kier alpha value is -1.80. The van der Waals surface area contributed by atoms with E-state index in [9.17, 15) is 0 Å². The van der Waals surface area contributed by atoms with Gasteiger partial charge < -0.3 is 10.5 Å². The number of nitrogens with two attached hydrogens (primary N) is 1. The van der Waals surface area contributed by atoms with Crippen LogP contribution in [0.3, 0.4) is 0 Å². The number of rotatable bonds is 3. The average molecular weight is 253 g/mol. The molecule has 0 bridgehead atoms. The van der Waals surface area contributed by atoms with Crippen molar-refractivity contribution < 1.29 is 4.74 Å². The number of methoxy groups -OCH3 is 1. The van der Waals surface area contributed by atoms with Gasteiger partial charge in [-0.2, -0.15) is 0 Å². The Morgan fingerprint density at radius 3 is 2.37 bits per heavy atom. The van der Waals surface area contributed by atoms with Gasteiger partial charge in [0.15, 0.2) is 0 Å². The van der Waals surface area contributed by atoms with E-state index in [1.165, 1.54) is 16.7 Å². The van der Waals surface area contributed by atoms with E-state index in [1.54, 1.807) is 7.11 Å². The highest BCUT2D eigenvalue weighted by Crippen LogP contribution is 2.31. The minimum Gasteiger partial charge on any atom is -0.497 e. The summed E-state index contributed by atoms with van der Waals surface area (Å²) in [5.74, 6) is 0.900. The molecule has 1 aliphatic carbocycles. The molecule has 0 amide bonds. The molecule has 2 nitrogen and oxygen atoms in total. The average Bonchev–Trinajstić information content (AvgIpc) is 2.74. The van der Waals surface area contributed by atoms with Crippen molar-refractivity contribution in [2.45, 2.75) is 24.8 Å². The summed E-state index contributed by atoms with van der Waals surface area (Å²) in [5, 5.41) is 0. The van der Waals surface area contributed by atoms with Crippen LogP contribution in [0.1, 0.15) is 16.7 Å². The van der Waals surface area contributed by atoms with E-state index in [0.717, 1.165) is 25.0 Å². The highest BCUT2D eigenvalue weighted by Gasteiger charge is 2.33. The van der Waals surface area contributed by atoms with Crippen molar-refractivity contribution >= 4 is 0 Å². The van der Waals surface area contributed by atoms with Crippen LogP contribution < -0.4 is 10.5 Å². The molecular formula is C17H19NO. The van der Waals surface area contributed by atoms with E-state index >= 15 is 0 Å². The molecule has 0 radical (unpaired) electrons. The Morgan fingerprint density at radius 2 is 1.74 bits per heavy atom. The van der Waals surface area contributed by atoms with Crippen LogP contribution in [-0.4, -0.2) is 12.6 Å². The molecule has 19 heavy (non-hydrogen) atoms. The molecule has 0 unspecified atom stereocenters. The fraction of sp³-hybridized carbons (Fsp3) is 0.294. The predicted molar refractivity (Wildman–Crippen MR) is 77.5 cm³/mol. The van der Waals surface area contributed by atoms with Crippen LogP contribution in [0, 0.1) is 0 Å². The fourth-order valence-electron chi connectivity index (χ4n) is 3.04. The molecular weight excluding hydrogens is 234 g/mol. The quantitative estimate of drug-likeness (QED) is 0.913. The van der Waals surface area contributed by atoms with Gasteiger partial charge in [-0.05, 0) is 48.1 Å². The minimum absolute atomic E-state index is 0.157. The molecule has 0 aliphatic heterocycles. The lowest BCUT2D eigenvalue weighted by atomic mass is 9.89. The minimum atomic E-state index is -0.157. The summed E-state index contributed by atoms with van der Waals surface area (Å²) < 4.78 is 5.27. The first-order valence-corrected chi connectivity index (χ1v) is 6.67. The summed E-state index contributed by atoms with van der Waals surface area (Å²) >= 11 is 0. The van der Waals surface area contributed by atoms with Crippen LogP contribution in [-0.2, 0) is 19.3 Å². The Balaban J connectivity index is 1.81. The van der Waals surface area contributed by atoms with Gasteiger partial charge in [-0.15, -0.1) is 0 Å². The second kappa shape index (κ2) is 4.71. The van der Waals surface area contributed by atoms with Gasteiger partial charge in [0.2, 0.25) is 0 Å². The van der Waals surface area contributed by atoms with E-state index in [-0.39, 0.29) is 5.54 Å². The summed E-state index contributed by atoms with van der Waals surface area (Å²) in [4.78, 5) is 0. The SMILES string of the molecule is COc1cccc(CC2(N)Cc3ccccc3C2)c1. The van der Waals surface area contributed by atoms with Crippen molar-refractivity contribution in [1.82, 2.24) is 0 Å². The molecule has 0 saturated heterocycles. The maximum atomic E-state index is 6.59. The Morgan fingerprint density at radius 1 is 1.05 bits per heavy atom. The van der Waals surface area contributed by atoms with Crippen molar-refractivity contribution in [2.24, 2.45) is 5.73 Å². The van der Waals surface area contributed by atoms with Gasteiger partial charge in [-0.25, -0.2) is 0 Å². The first kappa shape index (κ1) is 12.2. The van der Waals surface area contributed by atoms with Crippen LogP contribution in [0.2, 0.25) is 0 Å². The zero-order valence-corrected chi connectivity index (χ0v) is 11.2. The smallest absolute Gasteiger partial charge is 0.119 e. The fourth-order valence-corrected chi connectivity index (χ4v) is 3.04. The third kappa shape index (κ3) is 2.49. The molecule has 2 aromatic carbocycles. The van der Waals surface area contributed by atoms with Crippen molar-refractivity contribution in [1.29, 1.82) is 0 Å². The molecule has 0 aromatic heterocycles. The maximum Gasteiger partial charge on any atom is 0.119 e. The summed E-state index contributed by atoms with van der Waals surface area (Å²) in [6.07, 6.45) is 2.81. The van der Waals surface area contributed by atoms with Crippen LogP contribution in [0.5, 0.6) is 5.75 Å². The predicted octanol–water partition coefficient (Wildman–Crippen LogP) is 2.73. The second-order valence-electron chi connectivity index (χ2n) is 5.51. The van der Waals surface area contributed by atoms with Crippen LogP contribution >= 0.6 is 0 Å². The first-order chi connectivity index (χ1) is 9.18. The third-order valence-corrected chi connectivity index (χ3v) is 3.89. The Bertz CT molecular complexity index is 566.